The molecule has 1 rings (SSSR count). The molecular weight excluding hydrogens is 191 g/mol. The second kappa shape index (κ2) is 4.62. The van der Waals surface area contributed by atoms with Crippen molar-refractivity contribution in [3.8, 4) is 0 Å². The predicted molar refractivity (Wildman–Crippen MR) is 62.8 cm³/mol. The Labute approximate surface area is 91.1 Å². The fourth-order valence-electron chi connectivity index (χ4n) is 1.46. The van der Waals surface area contributed by atoms with Crippen molar-refractivity contribution in [2.75, 3.05) is 25.5 Å². The van der Waals surface area contributed by atoms with Crippen molar-refractivity contribution in [3.63, 3.8) is 0 Å². The summed E-state index contributed by atoms with van der Waals surface area (Å²) in [6.07, 6.45) is 0. The highest BCUT2D eigenvalue weighted by molar-refractivity contribution is 5.45. The van der Waals surface area contributed by atoms with Gasteiger partial charge in [-0.05, 0) is 45.2 Å². The number of benzene rings is 1. The molecule has 1 aromatic carbocycles. The van der Waals surface area contributed by atoms with Gasteiger partial charge in [-0.2, -0.15) is 0 Å². The zero-order chi connectivity index (χ0) is 11.5. The third kappa shape index (κ3) is 3.51. The molecule has 1 aromatic rings. The molecule has 0 fully saturated rings. The molecule has 0 aliphatic carbocycles. The Balaban J connectivity index is 2.69. The molecule has 0 saturated carbocycles. The van der Waals surface area contributed by atoms with Crippen molar-refractivity contribution in [2.45, 2.75) is 19.4 Å². The van der Waals surface area contributed by atoms with Crippen LogP contribution in [-0.4, -0.2) is 26.2 Å². The largest absolute Gasteiger partial charge is 0.373 e. The maximum atomic E-state index is 12.7. The third-order valence-electron chi connectivity index (χ3n) is 2.58. The lowest BCUT2D eigenvalue weighted by molar-refractivity contribution is 0.428. The molecule has 0 aromatic heterocycles. The van der Waals surface area contributed by atoms with Gasteiger partial charge in [0.05, 0.1) is 0 Å². The minimum atomic E-state index is -0.194. The number of nitrogens with one attached hydrogen (secondary N) is 1. The first-order valence-electron chi connectivity index (χ1n) is 5.10. The van der Waals surface area contributed by atoms with E-state index in [-0.39, 0.29) is 11.4 Å². The molecule has 2 nitrogen and oxygen atoms in total. The van der Waals surface area contributed by atoms with E-state index in [0.717, 1.165) is 12.2 Å². The van der Waals surface area contributed by atoms with Gasteiger partial charge in [0.2, 0.25) is 0 Å². The highest BCUT2D eigenvalue weighted by atomic mass is 19.1. The van der Waals surface area contributed by atoms with Gasteiger partial charge < -0.3 is 10.2 Å². The lowest BCUT2D eigenvalue weighted by atomic mass is 10.1. The zero-order valence-corrected chi connectivity index (χ0v) is 9.84. The summed E-state index contributed by atoms with van der Waals surface area (Å²) in [6, 6.07) is 6.55. The van der Waals surface area contributed by atoms with Gasteiger partial charge >= 0.3 is 0 Å². The zero-order valence-electron chi connectivity index (χ0n) is 9.84. The van der Waals surface area contributed by atoms with Crippen molar-refractivity contribution in [1.82, 2.24) is 5.32 Å². The molecule has 0 amide bonds. The molecule has 0 radical (unpaired) electrons. The van der Waals surface area contributed by atoms with Gasteiger partial charge in [0.1, 0.15) is 5.82 Å². The molecule has 0 bridgehead atoms. The summed E-state index contributed by atoms with van der Waals surface area (Å²) in [6.45, 7) is 5.13. The lowest BCUT2D eigenvalue weighted by Gasteiger charge is -2.31. The number of rotatable bonds is 4. The van der Waals surface area contributed by atoms with E-state index in [4.69, 9.17) is 0 Å². The smallest absolute Gasteiger partial charge is 0.123 e. The number of halogens is 1. The van der Waals surface area contributed by atoms with Gasteiger partial charge in [0.15, 0.2) is 0 Å². The first-order chi connectivity index (χ1) is 6.94. The summed E-state index contributed by atoms with van der Waals surface area (Å²) in [5.41, 5.74) is 1.07. The third-order valence-corrected chi connectivity index (χ3v) is 2.58. The summed E-state index contributed by atoms with van der Waals surface area (Å²) in [4.78, 5) is 2.11. The van der Waals surface area contributed by atoms with Crippen LogP contribution in [0.1, 0.15) is 13.8 Å². The fourth-order valence-corrected chi connectivity index (χ4v) is 1.46. The van der Waals surface area contributed by atoms with E-state index in [9.17, 15) is 4.39 Å². The Bertz CT molecular complexity index is 306. The summed E-state index contributed by atoms with van der Waals surface area (Å²) in [7, 11) is 3.95. The van der Waals surface area contributed by atoms with Gasteiger partial charge in [-0.1, -0.05) is 0 Å². The van der Waals surface area contributed by atoms with Crippen molar-refractivity contribution in [1.29, 1.82) is 0 Å². The van der Waals surface area contributed by atoms with Crippen LogP contribution in [0.5, 0.6) is 0 Å². The van der Waals surface area contributed by atoms with Gasteiger partial charge in [-0.3, -0.25) is 0 Å². The molecule has 15 heavy (non-hydrogen) atoms. The quantitative estimate of drug-likeness (QED) is 0.820. The fraction of sp³-hybridized carbons (Fsp3) is 0.500. The maximum Gasteiger partial charge on any atom is 0.123 e. The van der Waals surface area contributed by atoms with Crippen molar-refractivity contribution in [2.24, 2.45) is 0 Å². The van der Waals surface area contributed by atoms with E-state index in [1.165, 1.54) is 12.1 Å². The van der Waals surface area contributed by atoms with Gasteiger partial charge in [0.25, 0.3) is 0 Å². The standard InChI is InChI=1S/C12H19FN2/c1-12(2,14-3)9-15(4)11-7-5-10(13)6-8-11/h5-8,14H,9H2,1-4H3. The van der Waals surface area contributed by atoms with Crippen LogP contribution in [0, 0.1) is 5.82 Å². The Hall–Kier alpha value is -1.09. The van der Waals surface area contributed by atoms with Gasteiger partial charge in [-0.15, -0.1) is 0 Å². The highest BCUT2D eigenvalue weighted by Crippen LogP contribution is 2.15. The second-order valence-electron chi connectivity index (χ2n) is 4.47. The van der Waals surface area contributed by atoms with Crippen molar-refractivity contribution >= 4 is 5.69 Å². The SMILES string of the molecule is CNC(C)(C)CN(C)c1ccc(F)cc1. The summed E-state index contributed by atoms with van der Waals surface area (Å²) >= 11 is 0. The number of likely N-dealkylation sites (N-methyl/N-ethyl adjacent to an activating group) is 2. The summed E-state index contributed by atoms with van der Waals surface area (Å²) < 4.78 is 12.7. The van der Waals surface area contributed by atoms with E-state index >= 15 is 0 Å². The lowest BCUT2D eigenvalue weighted by Crippen LogP contribution is -2.46. The first kappa shape index (κ1) is 12.0. The van der Waals surface area contributed by atoms with Crippen LogP contribution in [0.15, 0.2) is 24.3 Å². The van der Waals surface area contributed by atoms with Crippen LogP contribution in [0.2, 0.25) is 0 Å². The number of nitrogens with zero attached hydrogens (tertiary/aromatic N) is 1. The van der Waals surface area contributed by atoms with Crippen molar-refractivity contribution < 1.29 is 4.39 Å². The molecule has 3 heteroatoms. The van der Waals surface area contributed by atoms with Crippen LogP contribution >= 0.6 is 0 Å². The van der Waals surface area contributed by atoms with E-state index in [1.807, 2.05) is 14.1 Å². The molecular formula is C12H19FN2. The molecule has 0 aliphatic heterocycles. The van der Waals surface area contributed by atoms with E-state index in [1.54, 1.807) is 12.1 Å². The molecule has 0 atom stereocenters. The van der Waals surface area contributed by atoms with Crippen LogP contribution in [0.25, 0.3) is 0 Å². The Morgan fingerprint density at radius 1 is 1.27 bits per heavy atom. The maximum absolute atomic E-state index is 12.7. The van der Waals surface area contributed by atoms with E-state index in [0.29, 0.717) is 0 Å². The monoisotopic (exact) mass is 210 g/mol. The molecule has 84 valence electrons. The van der Waals surface area contributed by atoms with Gasteiger partial charge in [0, 0.05) is 24.8 Å². The molecule has 1 N–H and O–H groups in total. The van der Waals surface area contributed by atoms with E-state index < -0.39 is 0 Å². The predicted octanol–water partition coefficient (Wildman–Crippen LogP) is 2.26. The summed E-state index contributed by atoms with van der Waals surface area (Å²) in [5.74, 6) is -0.194. The van der Waals surface area contributed by atoms with Crippen molar-refractivity contribution in [3.05, 3.63) is 30.1 Å². The van der Waals surface area contributed by atoms with Gasteiger partial charge in [-0.25, -0.2) is 4.39 Å². The number of hydrogen-bond donors (Lipinski definition) is 1. The molecule has 0 spiro atoms. The average molecular weight is 210 g/mol. The van der Waals surface area contributed by atoms with Crippen LogP contribution in [0.3, 0.4) is 0 Å². The molecule has 0 aliphatic rings. The molecule has 0 heterocycles. The second-order valence-corrected chi connectivity index (χ2v) is 4.47. The molecule has 0 saturated heterocycles. The minimum Gasteiger partial charge on any atom is -0.373 e. The van der Waals surface area contributed by atoms with Crippen LogP contribution in [0.4, 0.5) is 10.1 Å². The van der Waals surface area contributed by atoms with E-state index in [2.05, 4.69) is 24.1 Å². The Morgan fingerprint density at radius 2 is 1.80 bits per heavy atom. The number of anilines is 1. The first-order valence-corrected chi connectivity index (χ1v) is 5.10. The Kier molecular flexibility index (Phi) is 3.69. The van der Waals surface area contributed by atoms with Crippen LogP contribution < -0.4 is 10.2 Å². The van der Waals surface area contributed by atoms with Crippen LogP contribution in [-0.2, 0) is 0 Å². The molecule has 0 unspecified atom stereocenters. The number of hydrogen-bond acceptors (Lipinski definition) is 2. The highest BCUT2D eigenvalue weighted by Gasteiger charge is 2.17. The summed E-state index contributed by atoms with van der Waals surface area (Å²) in [5, 5.41) is 3.24. The Morgan fingerprint density at radius 3 is 2.27 bits per heavy atom. The topological polar surface area (TPSA) is 15.3 Å². The normalized spacial score (nSPS) is 11.5. The average Bonchev–Trinajstić information content (AvgIpc) is 2.18. The minimum absolute atomic E-state index is 0.0448.